The number of nitrogens with zero attached hydrogens (tertiary/aromatic N) is 5. The zero-order valence-corrected chi connectivity index (χ0v) is 19.8. The Kier molecular flexibility index (Phi) is 10.3. The summed E-state index contributed by atoms with van der Waals surface area (Å²) in [5.41, 5.74) is 0. The van der Waals surface area contributed by atoms with Gasteiger partial charge in [0, 0.05) is 52.0 Å². The normalized spacial score (nSPS) is 19.9. The third kappa shape index (κ3) is 7.06. The Labute approximate surface area is 187 Å². The molecule has 1 atom stereocenters. The van der Waals surface area contributed by atoms with Crippen molar-refractivity contribution in [2.75, 3.05) is 63.8 Å². The smallest absolute Gasteiger partial charge is 0.194 e. The van der Waals surface area contributed by atoms with Gasteiger partial charge in [-0.1, -0.05) is 19.4 Å². The lowest BCUT2D eigenvalue weighted by molar-refractivity contribution is 0.202. The molecule has 0 amide bonds. The third-order valence-corrected chi connectivity index (χ3v) is 5.46. The Morgan fingerprint density at radius 2 is 1.86 bits per heavy atom. The van der Waals surface area contributed by atoms with Crippen molar-refractivity contribution in [3.05, 3.63) is 24.4 Å². The lowest BCUT2D eigenvalue weighted by Crippen LogP contribution is -2.52. The molecule has 0 aromatic carbocycles. The number of hydrogen-bond donors (Lipinski definition) is 1. The van der Waals surface area contributed by atoms with Crippen molar-refractivity contribution in [3.8, 4) is 0 Å². The number of rotatable bonds is 6. The summed E-state index contributed by atoms with van der Waals surface area (Å²) < 4.78 is 0. The van der Waals surface area contributed by atoms with Crippen LogP contribution in [0.5, 0.6) is 0 Å². The van der Waals surface area contributed by atoms with Gasteiger partial charge in [-0.3, -0.25) is 4.99 Å². The van der Waals surface area contributed by atoms with Crippen LogP contribution < -0.4 is 10.2 Å². The van der Waals surface area contributed by atoms with Crippen molar-refractivity contribution in [1.29, 1.82) is 0 Å². The summed E-state index contributed by atoms with van der Waals surface area (Å²) in [6.45, 7) is 14.0. The molecule has 2 aliphatic heterocycles. The fraction of sp³-hybridized carbons (Fsp3) is 0.714. The van der Waals surface area contributed by atoms with Gasteiger partial charge in [-0.05, 0) is 50.9 Å². The summed E-state index contributed by atoms with van der Waals surface area (Å²) in [6.07, 6.45) is 5.99. The summed E-state index contributed by atoms with van der Waals surface area (Å²) in [6, 6.07) is 6.13. The zero-order valence-electron chi connectivity index (χ0n) is 17.5. The van der Waals surface area contributed by atoms with Gasteiger partial charge in [0.2, 0.25) is 0 Å². The maximum atomic E-state index is 4.97. The molecule has 0 aliphatic carbocycles. The number of guanidine groups is 1. The van der Waals surface area contributed by atoms with E-state index in [9.17, 15) is 0 Å². The first kappa shape index (κ1) is 23.2. The van der Waals surface area contributed by atoms with Crippen molar-refractivity contribution in [2.45, 2.75) is 33.1 Å². The van der Waals surface area contributed by atoms with Crippen LogP contribution in [0.15, 0.2) is 29.4 Å². The topological polar surface area (TPSA) is 47.0 Å². The second kappa shape index (κ2) is 12.5. The van der Waals surface area contributed by atoms with Crippen LogP contribution >= 0.6 is 24.0 Å². The zero-order chi connectivity index (χ0) is 18.9. The second-order valence-electron chi connectivity index (χ2n) is 7.82. The first-order chi connectivity index (χ1) is 13.3. The van der Waals surface area contributed by atoms with E-state index in [1.165, 1.54) is 38.9 Å². The number of hydrogen-bond acceptors (Lipinski definition) is 4. The molecule has 1 aromatic heterocycles. The maximum Gasteiger partial charge on any atom is 0.194 e. The molecular formula is C21H37IN6. The first-order valence-corrected chi connectivity index (χ1v) is 10.7. The van der Waals surface area contributed by atoms with E-state index in [1.807, 2.05) is 12.3 Å². The van der Waals surface area contributed by atoms with E-state index in [1.54, 1.807) is 0 Å². The van der Waals surface area contributed by atoms with E-state index < -0.39 is 0 Å². The maximum absolute atomic E-state index is 4.97. The minimum atomic E-state index is 0. The highest BCUT2D eigenvalue weighted by Crippen LogP contribution is 2.13. The standard InChI is InChI=1S/C21H36N6.HI/c1-3-22-21(24-17-19(2)18-25-11-7-4-8-12-25)27-15-13-26(14-16-27)20-9-5-6-10-23-20;/h5-6,9-10,19H,3-4,7-8,11-18H2,1-2H3,(H,22,24);1H. The number of pyridine rings is 1. The van der Waals surface area contributed by atoms with Crippen LogP contribution in [0.4, 0.5) is 5.82 Å². The monoisotopic (exact) mass is 500 g/mol. The second-order valence-corrected chi connectivity index (χ2v) is 7.82. The number of nitrogens with one attached hydrogen (secondary N) is 1. The highest BCUT2D eigenvalue weighted by Gasteiger charge is 2.21. The fourth-order valence-electron chi connectivity index (χ4n) is 4.00. The molecular weight excluding hydrogens is 463 g/mol. The Hall–Kier alpha value is -1.09. The summed E-state index contributed by atoms with van der Waals surface area (Å²) >= 11 is 0. The van der Waals surface area contributed by atoms with Crippen molar-refractivity contribution < 1.29 is 0 Å². The molecule has 1 unspecified atom stereocenters. The summed E-state index contributed by atoms with van der Waals surface area (Å²) in [7, 11) is 0. The molecule has 0 saturated carbocycles. The van der Waals surface area contributed by atoms with Crippen molar-refractivity contribution >= 4 is 35.8 Å². The molecule has 0 radical (unpaired) electrons. The van der Waals surface area contributed by atoms with Gasteiger partial charge in [0.05, 0.1) is 0 Å². The first-order valence-electron chi connectivity index (χ1n) is 10.7. The molecule has 6 nitrogen and oxygen atoms in total. The van der Waals surface area contributed by atoms with Gasteiger partial charge in [0.25, 0.3) is 0 Å². The minimum Gasteiger partial charge on any atom is -0.357 e. The molecule has 0 bridgehead atoms. The van der Waals surface area contributed by atoms with Crippen LogP contribution in [0.3, 0.4) is 0 Å². The van der Waals surface area contributed by atoms with E-state index in [0.717, 1.165) is 51.0 Å². The van der Waals surface area contributed by atoms with E-state index in [0.29, 0.717) is 5.92 Å². The Balaban J connectivity index is 0.00000280. The Morgan fingerprint density at radius 1 is 1.11 bits per heavy atom. The molecule has 1 aromatic rings. The molecule has 2 fully saturated rings. The van der Waals surface area contributed by atoms with Crippen LogP contribution in [-0.4, -0.2) is 79.6 Å². The van der Waals surface area contributed by atoms with Crippen molar-refractivity contribution in [1.82, 2.24) is 20.1 Å². The van der Waals surface area contributed by atoms with E-state index >= 15 is 0 Å². The molecule has 158 valence electrons. The molecule has 7 heteroatoms. The number of anilines is 1. The number of halogens is 1. The SMILES string of the molecule is CCNC(=NCC(C)CN1CCCCC1)N1CCN(c2ccccn2)CC1.I. The number of piperazine rings is 1. The average Bonchev–Trinajstić information content (AvgIpc) is 2.73. The fourth-order valence-corrected chi connectivity index (χ4v) is 4.00. The van der Waals surface area contributed by atoms with Crippen LogP contribution in [0.2, 0.25) is 0 Å². The lowest BCUT2D eigenvalue weighted by atomic mass is 10.1. The van der Waals surface area contributed by atoms with Gasteiger partial charge in [-0.25, -0.2) is 4.98 Å². The van der Waals surface area contributed by atoms with Gasteiger partial charge in [0.1, 0.15) is 5.82 Å². The van der Waals surface area contributed by atoms with Crippen LogP contribution in [0.25, 0.3) is 0 Å². The Bertz CT molecular complexity index is 568. The third-order valence-electron chi connectivity index (χ3n) is 5.46. The van der Waals surface area contributed by atoms with Crippen LogP contribution in [-0.2, 0) is 0 Å². The largest absolute Gasteiger partial charge is 0.357 e. The van der Waals surface area contributed by atoms with Crippen LogP contribution in [0, 0.1) is 5.92 Å². The molecule has 28 heavy (non-hydrogen) atoms. The van der Waals surface area contributed by atoms with E-state index in [2.05, 4.69) is 51.0 Å². The van der Waals surface area contributed by atoms with E-state index in [4.69, 9.17) is 4.99 Å². The van der Waals surface area contributed by atoms with Gasteiger partial charge in [0.15, 0.2) is 5.96 Å². The Morgan fingerprint density at radius 3 is 2.50 bits per heavy atom. The van der Waals surface area contributed by atoms with Gasteiger partial charge in [-0.15, -0.1) is 24.0 Å². The highest BCUT2D eigenvalue weighted by atomic mass is 127. The molecule has 2 saturated heterocycles. The van der Waals surface area contributed by atoms with Gasteiger partial charge in [-0.2, -0.15) is 0 Å². The van der Waals surface area contributed by atoms with Crippen LogP contribution in [0.1, 0.15) is 33.1 Å². The van der Waals surface area contributed by atoms with Crippen molar-refractivity contribution in [3.63, 3.8) is 0 Å². The van der Waals surface area contributed by atoms with E-state index in [-0.39, 0.29) is 24.0 Å². The molecule has 1 N–H and O–H groups in total. The van der Waals surface area contributed by atoms with Gasteiger partial charge >= 0.3 is 0 Å². The van der Waals surface area contributed by atoms with Gasteiger partial charge < -0.3 is 20.0 Å². The molecule has 0 spiro atoms. The predicted octanol–water partition coefficient (Wildman–Crippen LogP) is 2.91. The molecule has 3 heterocycles. The summed E-state index contributed by atoms with van der Waals surface area (Å²) in [4.78, 5) is 16.8. The quantitative estimate of drug-likeness (QED) is 0.370. The minimum absolute atomic E-state index is 0. The van der Waals surface area contributed by atoms with Crippen molar-refractivity contribution in [2.24, 2.45) is 10.9 Å². The number of piperidine rings is 1. The number of likely N-dealkylation sites (tertiary alicyclic amines) is 1. The number of aromatic nitrogens is 1. The molecule has 2 aliphatic rings. The predicted molar refractivity (Wildman–Crippen MR) is 129 cm³/mol. The highest BCUT2D eigenvalue weighted by molar-refractivity contribution is 14.0. The summed E-state index contributed by atoms with van der Waals surface area (Å²) in [5.74, 6) is 2.75. The average molecular weight is 500 g/mol. The molecule has 3 rings (SSSR count). The lowest BCUT2D eigenvalue weighted by Gasteiger charge is -2.37. The summed E-state index contributed by atoms with van der Waals surface area (Å²) in [5, 5.41) is 3.49. The number of aliphatic imine (C=N–C) groups is 1.